The highest BCUT2D eigenvalue weighted by Crippen LogP contribution is 2.56. The summed E-state index contributed by atoms with van der Waals surface area (Å²) in [6, 6.07) is 1.03. The van der Waals surface area contributed by atoms with E-state index in [1.165, 1.54) is 32.2 Å². The molecule has 0 aromatic carbocycles. The second kappa shape index (κ2) is 1.42. The fraction of sp³-hybridized carbons (Fsp3) is 1.00. The SMILES string of the molecule is C[C@]12CCCN1[C@H]1C[C@H]1C2. The predicted octanol–water partition coefficient (Wildman–Crippen LogP) is 1.63. The van der Waals surface area contributed by atoms with Crippen LogP contribution in [0.3, 0.4) is 0 Å². The second-order valence-electron chi connectivity index (χ2n) is 4.56. The molecule has 0 aromatic heterocycles. The molecule has 0 spiro atoms. The van der Waals surface area contributed by atoms with Crippen LogP contribution in [-0.2, 0) is 0 Å². The molecule has 1 aliphatic carbocycles. The molecule has 3 rings (SSSR count). The minimum absolute atomic E-state index is 0.660. The molecule has 2 saturated heterocycles. The van der Waals surface area contributed by atoms with Crippen LogP contribution in [0.2, 0.25) is 0 Å². The third kappa shape index (κ3) is 0.493. The first-order valence-corrected chi connectivity index (χ1v) is 4.56. The van der Waals surface area contributed by atoms with E-state index in [2.05, 4.69) is 11.8 Å². The monoisotopic (exact) mass is 137 g/mol. The molecule has 1 nitrogen and oxygen atoms in total. The maximum Gasteiger partial charge on any atom is 0.0188 e. The van der Waals surface area contributed by atoms with Crippen molar-refractivity contribution in [2.75, 3.05) is 6.54 Å². The second-order valence-corrected chi connectivity index (χ2v) is 4.56. The van der Waals surface area contributed by atoms with Crippen molar-refractivity contribution >= 4 is 0 Å². The van der Waals surface area contributed by atoms with Crippen LogP contribution in [-0.4, -0.2) is 23.0 Å². The number of hydrogen-bond donors (Lipinski definition) is 0. The van der Waals surface area contributed by atoms with Gasteiger partial charge < -0.3 is 0 Å². The van der Waals surface area contributed by atoms with Crippen LogP contribution in [0.4, 0.5) is 0 Å². The molecule has 3 fully saturated rings. The van der Waals surface area contributed by atoms with E-state index in [-0.39, 0.29) is 0 Å². The Labute approximate surface area is 62.4 Å². The molecular weight excluding hydrogens is 122 g/mol. The van der Waals surface area contributed by atoms with Crippen LogP contribution in [0.15, 0.2) is 0 Å². The summed E-state index contributed by atoms with van der Waals surface area (Å²) in [5.74, 6) is 1.12. The zero-order valence-corrected chi connectivity index (χ0v) is 6.64. The van der Waals surface area contributed by atoms with E-state index in [0.717, 1.165) is 12.0 Å². The Morgan fingerprint density at radius 3 is 3.20 bits per heavy atom. The molecule has 2 heterocycles. The topological polar surface area (TPSA) is 3.24 Å². The van der Waals surface area contributed by atoms with Crippen molar-refractivity contribution in [2.45, 2.75) is 44.2 Å². The molecule has 3 aliphatic rings. The summed E-state index contributed by atoms with van der Waals surface area (Å²) >= 11 is 0. The molecule has 1 saturated carbocycles. The highest BCUT2D eigenvalue weighted by Gasteiger charge is 2.58. The van der Waals surface area contributed by atoms with E-state index in [1.54, 1.807) is 0 Å². The van der Waals surface area contributed by atoms with Crippen LogP contribution in [0.25, 0.3) is 0 Å². The van der Waals surface area contributed by atoms with Crippen LogP contribution in [0.5, 0.6) is 0 Å². The summed E-state index contributed by atoms with van der Waals surface area (Å²) in [5.41, 5.74) is 0.660. The summed E-state index contributed by atoms with van der Waals surface area (Å²) in [5, 5.41) is 0. The third-order valence-electron chi connectivity index (χ3n) is 3.80. The number of hydrogen-bond acceptors (Lipinski definition) is 1. The molecule has 0 N–H and O–H groups in total. The van der Waals surface area contributed by atoms with Gasteiger partial charge in [0, 0.05) is 11.6 Å². The number of piperidine rings is 1. The molecular formula is C9H15N. The first-order chi connectivity index (χ1) is 4.80. The quantitative estimate of drug-likeness (QED) is 0.490. The van der Waals surface area contributed by atoms with Gasteiger partial charge in [-0.2, -0.15) is 0 Å². The van der Waals surface area contributed by atoms with Crippen LogP contribution in [0.1, 0.15) is 32.6 Å². The first kappa shape index (κ1) is 5.59. The summed E-state index contributed by atoms with van der Waals surface area (Å²) in [6.45, 7) is 3.86. The lowest BCUT2D eigenvalue weighted by Gasteiger charge is -2.30. The van der Waals surface area contributed by atoms with E-state index in [4.69, 9.17) is 0 Å². The summed E-state index contributed by atoms with van der Waals surface area (Å²) in [7, 11) is 0. The standard InChI is InChI=1S/C9H15N/c1-9-3-2-4-10(9)8-5-7(8)6-9/h7-8H,2-6H2,1H3/t7-,8-,9+/m0/s1. The Morgan fingerprint density at radius 2 is 2.40 bits per heavy atom. The Morgan fingerprint density at radius 1 is 1.50 bits per heavy atom. The highest BCUT2D eigenvalue weighted by atomic mass is 15.3. The molecule has 10 heavy (non-hydrogen) atoms. The Balaban J connectivity index is 1.95. The molecule has 1 heteroatoms. The minimum Gasteiger partial charge on any atom is -0.295 e. The van der Waals surface area contributed by atoms with Gasteiger partial charge in [0.25, 0.3) is 0 Å². The minimum atomic E-state index is 0.660. The fourth-order valence-corrected chi connectivity index (χ4v) is 3.23. The Bertz CT molecular complexity index is 178. The van der Waals surface area contributed by atoms with E-state index in [1.807, 2.05) is 0 Å². The average Bonchev–Trinajstić information content (AvgIpc) is 2.36. The van der Waals surface area contributed by atoms with Crippen LogP contribution >= 0.6 is 0 Å². The number of nitrogens with zero attached hydrogens (tertiary/aromatic N) is 1. The molecule has 0 bridgehead atoms. The van der Waals surface area contributed by atoms with Crippen molar-refractivity contribution in [3.05, 3.63) is 0 Å². The number of rotatable bonds is 0. The van der Waals surface area contributed by atoms with Crippen molar-refractivity contribution in [1.82, 2.24) is 4.90 Å². The van der Waals surface area contributed by atoms with E-state index in [0.29, 0.717) is 5.54 Å². The maximum atomic E-state index is 2.78. The zero-order chi connectivity index (χ0) is 6.77. The molecule has 0 amide bonds. The fourth-order valence-electron chi connectivity index (χ4n) is 3.23. The molecule has 0 aromatic rings. The van der Waals surface area contributed by atoms with Gasteiger partial charge in [0.05, 0.1) is 0 Å². The molecule has 2 aliphatic heterocycles. The van der Waals surface area contributed by atoms with Crippen molar-refractivity contribution in [1.29, 1.82) is 0 Å². The highest BCUT2D eigenvalue weighted by molar-refractivity contribution is 5.13. The van der Waals surface area contributed by atoms with Gasteiger partial charge in [0.2, 0.25) is 0 Å². The van der Waals surface area contributed by atoms with Gasteiger partial charge in [-0.05, 0) is 45.1 Å². The third-order valence-corrected chi connectivity index (χ3v) is 3.80. The van der Waals surface area contributed by atoms with Gasteiger partial charge in [0.15, 0.2) is 0 Å². The summed E-state index contributed by atoms with van der Waals surface area (Å²) in [4.78, 5) is 2.78. The Kier molecular flexibility index (Phi) is 0.797. The normalized spacial score (nSPS) is 58.5. The summed E-state index contributed by atoms with van der Waals surface area (Å²) in [6.07, 6.45) is 5.97. The lowest BCUT2D eigenvalue weighted by molar-refractivity contribution is 0.181. The van der Waals surface area contributed by atoms with E-state index >= 15 is 0 Å². The number of fused-ring (bicyclic) bond motifs is 3. The largest absolute Gasteiger partial charge is 0.295 e. The van der Waals surface area contributed by atoms with Crippen molar-refractivity contribution < 1.29 is 0 Å². The summed E-state index contributed by atoms with van der Waals surface area (Å²) < 4.78 is 0. The van der Waals surface area contributed by atoms with E-state index in [9.17, 15) is 0 Å². The van der Waals surface area contributed by atoms with Gasteiger partial charge in [-0.15, -0.1) is 0 Å². The van der Waals surface area contributed by atoms with Gasteiger partial charge in [-0.1, -0.05) is 0 Å². The van der Waals surface area contributed by atoms with Gasteiger partial charge in [-0.3, -0.25) is 4.90 Å². The molecule has 3 atom stereocenters. The van der Waals surface area contributed by atoms with Gasteiger partial charge >= 0.3 is 0 Å². The smallest absolute Gasteiger partial charge is 0.0188 e. The van der Waals surface area contributed by atoms with Gasteiger partial charge in [0.1, 0.15) is 0 Å². The first-order valence-electron chi connectivity index (χ1n) is 4.56. The molecule has 0 unspecified atom stereocenters. The van der Waals surface area contributed by atoms with Crippen molar-refractivity contribution in [3.63, 3.8) is 0 Å². The zero-order valence-electron chi connectivity index (χ0n) is 6.64. The Hall–Kier alpha value is -0.0400. The maximum absolute atomic E-state index is 2.78. The van der Waals surface area contributed by atoms with Crippen LogP contribution in [0, 0.1) is 5.92 Å². The van der Waals surface area contributed by atoms with Crippen molar-refractivity contribution in [2.24, 2.45) is 5.92 Å². The van der Waals surface area contributed by atoms with Crippen LogP contribution < -0.4 is 0 Å². The molecule has 0 radical (unpaired) electrons. The van der Waals surface area contributed by atoms with Crippen molar-refractivity contribution in [3.8, 4) is 0 Å². The average molecular weight is 137 g/mol. The predicted molar refractivity (Wildman–Crippen MR) is 40.9 cm³/mol. The van der Waals surface area contributed by atoms with Gasteiger partial charge in [-0.25, -0.2) is 0 Å². The lowest BCUT2D eigenvalue weighted by atomic mass is 9.95. The van der Waals surface area contributed by atoms with E-state index < -0.39 is 0 Å². The molecule has 56 valence electrons. The lowest BCUT2D eigenvalue weighted by Crippen LogP contribution is -2.37.